The van der Waals surface area contributed by atoms with E-state index in [2.05, 4.69) is 131 Å². The number of benzene rings is 4. The second kappa shape index (κ2) is 17.7. The van der Waals surface area contributed by atoms with Crippen LogP contribution in [-0.2, 0) is 24.9 Å². The third-order valence-corrected chi connectivity index (χ3v) is 16.6. The molecule has 0 radical (unpaired) electrons. The number of aromatic nitrogens is 4. The first-order valence-corrected chi connectivity index (χ1v) is 21.3. The average molecular weight is 751 g/mol. The van der Waals surface area contributed by atoms with Gasteiger partial charge in [-0.2, -0.15) is 0 Å². The van der Waals surface area contributed by atoms with Crippen LogP contribution >= 0.6 is 0 Å². The molecule has 0 bridgehead atoms. The van der Waals surface area contributed by atoms with Gasteiger partial charge < -0.3 is 9.16 Å². The zero-order chi connectivity index (χ0) is 39.0. The fraction of sp³-hybridized carbons (Fsp3) is 0.400. The summed E-state index contributed by atoms with van der Waals surface area (Å²) in [5.41, 5.74) is 6.60. The van der Waals surface area contributed by atoms with E-state index < -0.39 is 20.0 Å². The molecule has 286 valence electrons. The van der Waals surface area contributed by atoms with Crippen LogP contribution in [-0.4, -0.2) is 28.9 Å². The van der Waals surface area contributed by atoms with Crippen molar-refractivity contribution in [3.05, 3.63) is 130 Å². The number of allylic oxidation sites excluding steroid dienone is 1. The van der Waals surface area contributed by atoms with Crippen molar-refractivity contribution in [2.75, 3.05) is 0 Å². The maximum Gasteiger partial charge on any atom is 0.259 e. The molecule has 4 aromatic carbocycles. The highest BCUT2D eigenvalue weighted by atomic mass is 28.4. The van der Waals surface area contributed by atoms with Crippen molar-refractivity contribution in [1.82, 2.24) is 20.6 Å². The Balaban J connectivity index is 1.38. The van der Waals surface area contributed by atoms with Gasteiger partial charge in [-0.25, -0.2) is 13.9 Å². The topological polar surface area (TPSA) is 72.9 Å². The van der Waals surface area contributed by atoms with Crippen molar-refractivity contribution < 1.29 is 17.9 Å². The molecule has 1 heterocycles. The van der Waals surface area contributed by atoms with E-state index in [4.69, 9.17) is 9.16 Å². The Morgan fingerprint density at radius 3 is 1.96 bits per heavy atom. The van der Waals surface area contributed by atoms with Crippen molar-refractivity contribution in [1.29, 1.82) is 0 Å². The minimum atomic E-state index is -2.56. The van der Waals surface area contributed by atoms with Crippen molar-refractivity contribution in [2.24, 2.45) is 5.92 Å². The number of halogens is 2. The van der Waals surface area contributed by atoms with E-state index in [0.717, 1.165) is 40.8 Å². The molecule has 1 N–H and O–H groups in total. The first-order valence-electron chi connectivity index (χ1n) is 19.2. The number of nitrogens with one attached hydrogen (secondary N) is 1. The lowest BCUT2D eigenvalue weighted by Gasteiger charge is -2.42. The summed E-state index contributed by atoms with van der Waals surface area (Å²) in [4.78, 5) is 0. The van der Waals surface area contributed by atoms with Crippen LogP contribution in [0.1, 0.15) is 96.6 Å². The molecule has 5 aromatic rings. The molecule has 0 aliphatic rings. The van der Waals surface area contributed by atoms with Gasteiger partial charge in [0.2, 0.25) is 0 Å². The Bertz CT molecular complexity index is 1920. The van der Waals surface area contributed by atoms with Crippen LogP contribution in [0.5, 0.6) is 11.5 Å². The van der Waals surface area contributed by atoms with Crippen LogP contribution in [0.4, 0.5) is 8.78 Å². The summed E-state index contributed by atoms with van der Waals surface area (Å²) in [6.07, 6.45) is 6.19. The van der Waals surface area contributed by atoms with Gasteiger partial charge in [-0.3, -0.25) is 0 Å². The van der Waals surface area contributed by atoms with Gasteiger partial charge in [0.15, 0.2) is 23.2 Å². The predicted octanol–water partition coefficient (Wildman–Crippen LogP) is 12.1. The monoisotopic (exact) mass is 750 g/mol. The minimum absolute atomic E-state index is 0.0258. The van der Waals surface area contributed by atoms with Crippen LogP contribution in [0.15, 0.2) is 91.0 Å². The average Bonchev–Trinajstić information content (AvgIpc) is 3.67. The summed E-state index contributed by atoms with van der Waals surface area (Å²) in [5, 5.41) is 14.1. The van der Waals surface area contributed by atoms with E-state index >= 15 is 8.78 Å². The fourth-order valence-corrected chi connectivity index (χ4v) is 12.9. The third kappa shape index (κ3) is 9.91. The van der Waals surface area contributed by atoms with E-state index in [0.29, 0.717) is 24.4 Å². The van der Waals surface area contributed by atoms with E-state index in [-0.39, 0.29) is 33.7 Å². The molecule has 0 saturated carbocycles. The van der Waals surface area contributed by atoms with Crippen LogP contribution in [0, 0.1) is 17.6 Å². The SMILES string of the molecule is CC(C)[Si](Oc1c(F)cc(CC(C=Cc2ccccc2OCc2ccc(C(C)(C)C)cc2)CCc2ccc(-c3nnn[nH]3)cc2)cc1F)(C(C)C)C(C)C. The number of nitrogens with zero attached hydrogens (tertiary/aromatic N) is 3. The molecule has 6 nitrogen and oxygen atoms in total. The Kier molecular flexibility index (Phi) is 13.3. The highest BCUT2D eigenvalue weighted by molar-refractivity contribution is 6.78. The number of ether oxygens (including phenoxy) is 1. The van der Waals surface area contributed by atoms with Crippen molar-refractivity contribution >= 4 is 14.4 Å². The molecule has 0 aliphatic heterocycles. The van der Waals surface area contributed by atoms with Crippen molar-refractivity contribution in [3.63, 3.8) is 0 Å². The number of aryl methyl sites for hydroxylation is 1. The second-order valence-corrected chi connectivity index (χ2v) is 21.8. The highest BCUT2D eigenvalue weighted by Crippen LogP contribution is 2.44. The molecule has 0 saturated heterocycles. The molecule has 0 amide bonds. The smallest absolute Gasteiger partial charge is 0.259 e. The lowest BCUT2D eigenvalue weighted by atomic mass is 9.87. The van der Waals surface area contributed by atoms with Gasteiger partial charge in [0, 0.05) is 11.1 Å². The molecule has 54 heavy (non-hydrogen) atoms. The maximum atomic E-state index is 15.9. The van der Waals surface area contributed by atoms with E-state index in [1.807, 2.05) is 36.4 Å². The molecular weight excluding hydrogens is 695 g/mol. The maximum absolute atomic E-state index is 15.9. The minimum Gasteiger partial charge on any atom is -0.539 e. The molecule has 1 aromatic heterocycles. The quantitative estimate of drug-likeness (QED) is 0.102. The van der Waals surface area contributed by atoms with Gasteiger partial charge in [0.05, 0.1) is 0 Å². The summed E-state index contributed by atoms with van der Waals surface area (Å²) in [6.45, 7) is 19.7. The molecule has 9 heteroatoms. The normalized spacial score (nSPS) is 13.0. The molecule has 0 fully saturated rings. The largest absolute Gasteiger partial charge is 0.539 e. The Labute approximate surface area is 321 Å². The number of hydrogen-bond acceptors (Lipinski definition) is 5. The van der Waals surface area contributed by atoms with Gasteiger partial charge in [0.1, 0.15) is 12.4 Å². The van der Waals surface area contributed by atoms with E-state index in [1.54, 1.807) is 0 Å². The third-order valence-electron chi connectivity index (χ3n) is 10.6. The molecule has 1 atom stereocenters. The first kappa shape index (κ1) is 40.5. The molecule has 1 unspecified atom stereocenters. The molecule has 0 spiro atoms. The first-order chi connectivity index (χ1) is 25.7. The summed E-state index contributed by atoms with van der Waals surface area (Å²) in [6, 6.07) is 27.6. The van der Waals surface area contributed by atoms with E-state index in [9.17, 15) is 0 Å². The van der Waals surface area contributed by atoms with Gasteiger partial charge in [-0.1, -0.05) is 141 Å². The van der Waals surface area contributed by atoms with Gasteiger partial charge in [-0.15, -0.1) is 5.10 Å². The zero-order valence-corrected chi connectivity index (χ0v) is 34.3. The Morgan fingerprint density at radius 2 is 1.39 bits per heavy atom. The van der Waals surface area contributed by atoms with Crippen LogP contribution < -0.4 is 9.16 Å². The summed E-state index contributed by atoms with van der Waals surface area (Å²) in [7, 11) is -2.56. The Hall–Kier alpha value is -4.63. The number of H-pyrrole nitrogens is 1. The van der Waals surface area contributed by atoms with E-state index in [1.165, 1.54) is 17.7 Å². The van der Waals surface area contributed by atoms with Crippen molar-refractivity contribution in [3.8, 4) is 22.9 Å². The predicted molar refractivity (Wildman–Crippen MR) is 218 cm³/mol. The second-order valence-electron chi connectivity index (χ2n) is 16.4. The van der Waals surface area contributed by atoms with Crippen LogP contribution in [0.25, 0.3) is 17.5 Å². The van der Waals surface area contributed by atoms with Crippen LogP contribution in [0.3, 0.4) is 0 Å². The lowest BCUT2D eigenvalue weighted by Crippen LogP contribution is -2.51. The van der Waals surface area contributed by atoms with Gasteiger partial charge >= 0.3 is 0 Å². The number of aromatic amines is 1. The Morgan fingerprint density at radius 1 is 0.778 bits per heavy atom. The molecular formula is C45H56F2N4O2Si. The summed E-state index contributed by atoms with van der Waals surface area (Å²) in [5.74, 6) is -0.165. The molecule has 5 rings (SSSR count). The van der Waals surface area contributed by atoms with Crippen molar-refractivity contribution in [2.45, 2.75) is 110 Å². The standard InChI is InChI=1S/C45H56F2N4O2Si/c1-30(2)54(31(3)4,32(5)6)53-43-40(46)27-36(28-41(43)47)26-34(15-14-33-16-22-38(23-17-33)44-48-50-51-49-44)18-21-37-12-10-11-13-42(37)52-29-35-19-24-39(25-20-35)45(7,8)9/h10-13,16-25,27-28,30-32,34H,14-15,26,29H2,1-9H3,(H,48,49,50,51). The number of rotatable bonds is 16. The highest BCUT2D eigenvalue weighted by Gasteiger charge is 2.48. The number of para-hydroxylation sites is 1. The lowest BCUT2D eigenvalue weighted by molar-refractivity contribution is 0.305. The van der Waals surface area contributed by atoms with Crippen LogP contribution in [0.2, 0.25) is 16.6 Å². The number of tetrazole rings is 1. The van der Waals surface area contributed by atoms with Gasteiger partial charge in [0.25, 0.3) is 8.32 Å². The number of hydrogen-bond donors (Lipinski definition) is 1. The zero-order valence-electron chi connectivity index (χ0n) is 33.3. The molecule has 0 aliphatic carbocycles. The summed E-state index contributed by atoms with van der Waals surface area (Å²) < 4.78 is 44.6. The fourth-order valence-electron chi connectivity index (χ4n) is 7.64. The van der Waals surface area contributed by atoms with Gasteiger partial charge in [-0.05, 0) is 98.1 Å². The summed E-state index contributed by atoms with van der Waals surface area (Å²) >= 11 is 0.